The van der Waals surface area contributed by atoms with Crippen LogP contribution in [0.15, 0.2) is 24.3 Å². The standard InChI is InChI=1S/C17H23N3S/c1-2-9-16-15(6-1)20-17(21-16)11-19-14-7-3-5-12(14)13-8-4-10-18-13/h1-2,6,9,12-14,18-19H,3-5,7-8,10-11H2. The molecule has 3 nitrogen and oxygen atoms in total. The lowest BCUT2D eigenvalue weighted by Crippen LogP contribution is -2.41. The SMILES string of the molecule is c1ccc2sc(CNC3CCCC3C3CCCN3)nc2c1. The van der Waals surface area contributed by atoms with Crippen LogP contribution in [0.2, 0.25) is 0 Å². The predicted octanol–water partition coefficient (Wildman–Crippen LogP) is 3.31. The molecule has 21 heavy (non-hydrogen) atoms. The summed E-state index contributed by atoms with van der Waals surface area (Å²) in [6, 6.07) is 9.86. The average molecular weight is 301 g/mol. The van der Waals surface area contributed by atoms with Gasteiger partial charge in [-0.05, 0) is 50.3 Å². The van der Waals surface area contributed by atoms with E-state index in [0.29, 0.717) is 6.04 Å². The second-order valence-electron chi connectivity index (χ2n) is 6.36. The number of para-hydroxylation sites is 1. The molecule has 0 spiro atoms. The molecular formula is C17H23N3S. The first-order chi connectivity index (χ1) is 10.4. The van der Waals surface area contributed by atoms with E-state index in [0.717, 1.165) is 24.0 Å². The molecule has 4 rings (SSSR count). The zero-order valence-electron chi connectivity index (χ0n) is 12.3. The maximum absolute atomic E-state index is 4.74. The second kappa shape index (κ2) is 6.03. The van der Waals surface area contributed by atoms with Crippen molar-refractivity contribution in [2.45, 2.75) is 50.7 Å². The van der Waals surface area contributed by atoms with Crippen molar-refractivity contribution in [2.75, 3.05) is 6.54 Å². The molecule has 2 fully saturated rings. The van der Waals surface area contributed by atoms with Crippen molar-refractivity contribution in [3.05, 3.63) is 29.3 Å². The Morgan fingerprint density at radius 3 is 3.00 bits per heavy atom. The number of benzene rings is 1. The maximum atomic E-state index is 4.74. The fourth-order valence-electron chi connectivity index (χ4n) is 4.01. The van der Waals surface area contributed by atoms with Crippen LogP contribution in [0.3, 0.4) is 0 Å². The van der Waals surface area contributed by atoms with Gasteiger partial charge in [0.2, 0.25) is 0 Å². The fourth-order valence-corrected chi connectivity index (χ4v) is 4.93. The van der Waals surface area contributed by atoms with Crippen molar-refractivity contribution >= 4 is 21.6 Å². The van der Waals surface area contributed by atoms with Crippen molar-refractivity contribution in [3.8, 4) is 0 Å². The molecule has 3 atom stereocenters. The number of aromatic nitrogens is 1. The molecule has 0 bridgehead atoms. The van der Waals surface area contributed by atoms with Gasteiger partial charge in [0.1, 0.15) is 5.01 Å². The minimum Gasteiger partial charge on any atom is -0.314 e. The van der Waals surface area contributed by atoms with Crippen molar-refractivity contribution in [3.63, 3.8) is 0 Å². The van der Waals surface area contributed by atoms with Crippen LogP contribution in [0.5, 0.6) is 0 Å². The molecule has 1 aliphatic heterocycles. The highest BCUT2D eigenvalue weighted by atomic mass is 32.1. The van der Waals surface area contributed by atoms with Crippen molar-refractivity contribution < 1.29 is 0 Å². The summed E-state index contributed by atoms with van der Waals surface area (Å²) < 4.78 is 1.30. The summed E-state index contributed by atoms with van der Waals surface area (Å²) in [6.07, 6.45) is 6.80. The van der Waals surface area contributed by atoms with Gasteiger partial charge in [-0.3, -0.25) is 0 Å². The van der Waals surface area contributed by atoms with E-state index in [1.165, 1.54) is 48.4 Å². The number of fused-ring (bicyclic) bond motifs is 1. The minimum absolute atomic E-state index is 0.674. The van der Waals surface area contributed by atoms with E-state index in [4.69, 9.17) is 4.98 Å². The molecule has 2 heterocycles. The van der Waals surface area contributed by atoms with Gasteiger partial charge in [0.05, 0.1) is 10.2 Å². The summed E-state index contributed by atoms with van der Waals surface area (Å²) in [6.45, 7) is 2.14. The van der Waals surface area contributed by atoms with E-state index in [-0.39, 0.29) is 0 Å². The fraction of sp³-hybridized carbons (Fsp3) is 0.588. The molecule has 1 aromatic heterocycles. The lowest BCUT2D eigenvalue weighted by molar-refractivity contribution is 0.320. The Labute approximate surface area is 130 Å². The van der Waals surface area contributed by atoms with Gasteiger partial charge in [0, 0.05) is 18.6 Å². The van der Waals surface area contributed by atoms with Gasteiger partial charge in [-0.15, -0.1) is 11.3 Å². The number of nitrogens with one attached hydrogen (secondary N) is 2. The van der Waals surface area contributed by atoms with Gasteiger partial charge in [-0.25, -0.2) is 4.98 Å². The molecular weight excluding hydrogens is 278 g/mol. The topological polar surface area (TPSA) is 37.0 Å². The van der Waals surface area contributed by atoms with Gasteiger partial charge < -0.3 is 10.6 Å². The highest BCUT2D eigenvalue weighted by molar-refractivity contribution is 7.18. The van der Waals surface area contributed by atoms with E-state index in [9.17, 15) is 0 Å². The third-order valence-electron chi connectivity index (χ3n) is 5.04. The molecule has 3 unspecified atom stereocenters. The normalized spacial score (nSPS) is 29.4. The molecule has 2 N–H and O–H groups in total. The van der Waals surface area contributed by atoms with E-state index in [1.54, 1.807) is 0 Å². The number of hydrogen-bond acceptors (Lipinski definition) is 4. The first-order valence-electron chi connectivity index (χ1n) is 8.21. The van der Waals surface area contributed by atoms with Gasteiger partial charge >= 0.3 is 0 Å². The van der Waals surface area contributed by atoms with Gasteiger partial charge in [0.15, 0.2) is 0 Å². The van der Waals surface area contributed by atoms with E-state index in [2.05, 4.69) is 34.9 Å². The van der Waals surface area contributed by atoms with Gasteiger partial charge in [-0.2, -0.15) is 0 Å². The number of rotatable bonds is 4. The lowest BCUT2D eigenvalue weighted by Gasteiger charge is -2.26. The molecule has 0 amide bonds. The Hall–Kier alpha value is -0.970. The number of thiazole rings is 1. The first kappa shape index (κ1) is 13.7. The minimum atomic E-state index is 0.674. The van der Waals surface area contributed by atoms with Crippen LogP contribution in [-0.2, 0) is 6.54 Å². The maximum Gasteiger partial charge on any atom is 0.108 e. The van der Waals surface area contributed by atoms with Crippen LogP contribution >= 0.6 is 11.3 Å². The predicted molar refractivity (Wildman–Crippen MR) is 88.6 cm³/mol. The molecule has 1 saturated heterocycles. The van der Waals surface area contributed by atoms with E-state index < -0.39 is 0 Å². The van der Waals surface area contributed by atoms with Crippen LogP contribution < -0.4 is 10.6 Å². The molecule has 2 aliphatic rings. The summed E-state index contributed by atoms with van der Waals surface area (Å²) in [5.41, 5.74) is 1.14. The van der Waals surface area contributed by atoms with Crippen LogP contribution in [0.1, 0.15) is 37.1 Å². The van der Waals surface area contributed by atoms with Crippen LogP contribution in [0.4, 0.5) is 0 Å². The Bertz CT molecular complexity index is 570. The smallest absolute Gasteiger partial charge is 0.108 e. The molecule has 1 aromatic carbocycles. The largest absolute Gasteiger partial charge is 0.314 e. The molecule has 0 radical (unpaired) electrons. The van der Waals surface area contributed by atoms with Gasteiger partial charge in [-0.1, -0.05) is 18.6 Å². The zero-order valence-corrected chi connectivity index (χ0v) is 13.2. The second-order valence-corrected chi connectivity index (χ2v) is 7.48. The summed E-state index contributed by atoms with van der Waals surface area (Å²) in [5, 5.41) is 8.71. The average Bonchev–Trinajstić information content (AvgIpc) is 3.23. The first-order valence-corrected chi connectivity index (χ1v) is 9.03. The Morgan fingerprint density at radius 1 is 1.19 bits per heavy atom. The van der Waals surface area contributed by atoms with Crippen LogP contribution in [0, 0.1) is 5.92 Å². The highest BCUT2D eigenvalue weighted by Crippen LogP contribution is 2.32. The molecule has 2 aromatic rings. The number of hydrogen-bond donors (Lipinski definition) is 2. The van der Waals surface area contributed by atoms with Gasteiger partial charge in [0.25, 0.3) is 0 Å². The summed E-state index contributed by atoms with van der Waals surface area (Å²) in [4.78, 5) is 4.74. The van der Waals surface area contributed by atoms with Crippen LogP contribution in [-0.4, -0.2) is 23.6 Å². The third-order valence-corrected chi connectivity index (χ3v) is 6.07. The molecule has 1 saturated carbocycles. The van der Waals surface area contributed by atoms with Crippen molar-refractivity contribution in [2.24, 2.45) is 5.92 Å². The van der Waals surface area contributed by atoms with E-state index >= 15 is 0 Å². The summed E-state index contributed by atoms with van der Waals surface area (Å²) >= 11 is 1.82. The quantitative estimate of drug-likeness (QED) is 0.910. The van der Waals surface area contributed by atoms with Crippen molar-refractivity contribution in [1.82, 2.24) is 15.6 Å². The molecule has 4 heteroatoms. The third kappa shape index (κ3) is 2.85. The summed E-state index contributed by atoms with van der Waals surface area (Å²) in [7, 11) is 0. The zero-order chi connectivity index (χ0) is 14.1. The lowest BCUT2D eigenvalue weighted by atomic mass is 9.93. The van der Waals surface area contributed by atoms with Crippen LogP contribution in [0.25, 0.3) is 10.2 Å². The Morgan fingerprint density at radius 2 is 2.14 bits per heavy atom. The number of nitrogens with zero attached hydrogens (tertiary/aromatic N) is 1. The monoisotopic (exact) mass is 301 g/mol. The van der Waals surface area contributed by atoms with Crippen molar-refractivity contribution in [1.29, 1.82) is 0 Å². The molecule has 112 valence electrons. The molecule has 1 aliphatic carbocycles. The Balaban J connectivity index is 1.41. The Kier molecular flexibility index (Phi) is 3.93. The summed E-state index contributed by atoms with van der Waals surface area (Å²) in [5.74, 6) is 0.821. The van der Waals surface area contributed by atoms with E-state index in [1.807, 2.05) is 11.3 Å². The highest BCUT2D eigenvalue weighted by Gasteiger charge is 2.34.